The molecule has 0 saturated carbocycles. The molecule has 0 unspecified atom stereocenters. The van der Waals surface area contributed by atoms with E-state index in [4.69, 9.17) is 0 Å². The Morgan fingerprint density at radius 1 is 1.10 bits per heavy atom. The maximum Gasteiger partial charge on any atom is 0.246 e. The van der Waals surface area contributed by atoms with Crippen LogP contribution in [0.25, 0.3) is 0 Å². The molecule has 5 nitrogen and oxygen atoms in total. The fourth-order valence-corrected chi connectivity index (χ4v) is 2.55. The number of hydrogen-bond donors (Lipinski definition) is 0. The predicted molar refractivity (Wildman–Crippen MR) is 82.5 cm³/mol. The molecule has 0 bridgehead atoms. The third-order valence-electron chi connectivity index (χ3n) is 3.92. The van der Waals surface area contributed by atoms with Crippen molar-refractivity contribution in [3.05, 3.63) is 47.7 Å². The molecule has 1 fully saturated rings. The molecule has 21 heavy (non-hydrogen) atoms. The highest BCUT2D eigenvalue weighted by molar-refractivity contribution is 5.97. The number of carbonyl (C=O) groups is 1. The van der Waals surface area contributed by atoms with E-state index in [9.17, 15) is 4.79 Å². The van der Waals surface area contributed by atoms with Crippen LogP contribution >= 0.6 is 0 Å². The first-order valence-electron chi connectivity index (χ1n) is 7.06. The molecule has 108 valence electrons. The van der Waals surface area contributed by atoms with Gasteiger partial charge >= 0.3 is 0 Å². The van der Waals surface area contributed by atoms with Crippen LogP contribution < -0.4 is 9.80 Å². The number of anilines is 2. The van der Waals surface area contributed by atoms with E-state index in [1.807, 2.05) is 54.0 Å². The van der Waals surface area contributed by atoms with Crippen LogP contribution in [0.4, 0.5) is 11.5 Å². The molecule has 1 aromatic carbocycles. The van der Waals surface area contributed by atoms with Gasteiger partial charge in [-0.2, -0.15) is 5.10 Å². The van der Waals surface area contributed by atoms with E-state index in [-0.39, 0.29) is 5.91 Å². The molecule has 0 aliphatic carbocycles. The Morgan fingerprint density at radius 3 is 2.57 bits per heavy atom. The number of benzene rings is 1. The lowest BCUT2D eigenvalue weighted by Crippen LogP contribution is -2.51. The first kappa shape index (κ1) is 13.5. The molecule has 0 N–H and O–H groups in total. The molecular formula is C16H18N4O. The largest absolute Gasteiger partial charge is 0.344 e. The summed E-state index contributed by atoms with van der Waals surface area (Å²) < 4.78 is 0. The van der Waals surface area contributed by atoms with Crippen molar-refractivity contribution in [1.29, 1.82) is 0 Å². The van der Waals surface area contributed by atoms with E-state index < -0.39 is 0 Å². The lowest BCUT2D eigenvalue weighted by Gasteiger charge is -2.35. The summed E-state index contributed by atoms with van der Waals surface area (Å²) in [7, 11) is 0. The van der Waals surface area contributed by atoms with Gasteiger partial charge in [-0.05, 0) is 37.1 Å². The maximum absolute atomic E-state index is 12.4. The number of para-hydroxylation sites is 1. The van der Waals surface area contributed by atoms with Gasteiger partial charge in [0.2, 0.25) is 5.91 Å². The van der Waals surface area contributed by atoms with Gasteiger partial charge in [0.15, 0.2) is 5.82 Å². The predicted octanol–water partition coefficient (Wildman–Crippen LogP) is 1.95. The first-order valence-corrected chi connectivity index (χ1v) is 7.06. The number of aryl methyl sites for hydroxylation is 1. The van der Waals surface area contributed by atoms with Crippen LogP contribution in [0.2, 0.25) is 0 Å². The van der Waals surface area contributed by atoms with E-state index in [2.05, 4.69) is 10.2 Å². The first-order chi connectivity index (χ1) is 10.2. The summed E-state index contributed by atoms with van der Waals surface area (Å²) in [5, 5.41) is 8.21. The Labute approximate surface area is 124 Å². The summed E-state index contributed by atoms with van der Waals surface area (Å²) in [5.74, 6) is 0.909. The minimum absolute atomic E-state index is 0.0927. The van der Waals surface area contributed by atoms with E-state index in [1.54, 1.807) is 6.20 Å². The highest BCUT2D eigenvalue weighted by atomic mass is 16.2. The molecule has 1 aliphatic heterocycles. The van der Waals surface area contributed by atoms with Gasteiger partial charge in [-0.1, -0.05) is 18.2 Å². The molecule has 0 atom stereocenters. The van der Waals surface area contributed by atoms with Crippen molar-refractivity contribution in [3.63, 3.8) is 0 Å². The van der Waals surface area contributed by atoms with Crippen molar-refractivity contribution in [2.45, 2.75) is 13.8 Å². The van der Waals surface area contributed by atoms with Crippen molar-refractivity contribution in [2.75, 3.05) is 29.4 Å². The molecule has 5 heteroatoms. The molecule has 1 aromatic heterocycles. The standard InChI is InChI=1S/C16H18N4O/c1-12-10-17-18-16(13(12)2)19-8-9-20(15(21)11-19)14-6-4-3-5-7-14/h3-7,10H,8-9,11H2,1-2H3. The number of amides is 1. The number of hydrogen-bond acceptors (Lipinski definition) is 4. The number of carbonyl (C=O) groups excluding carboxylic acids is 1. The topological polar surface area (TPSA) is 49.3 Å². The van der Waals surface area contributed by atoms with E-state index in [0.717, 1.165) is 29.2 Å². The number of nitrogens with zero attached hydrogens (tertiary/aromatic N) is 4. The number of piperazine rings is 1. The quantitative estimate of drug-likeness (QED) is 0.844. The average molecular weight is 282 g/mol. The Hall–Kier alpha value is -2.43. The zero-order valence-corrected chi connectivity index (χ0v) is 12.3. The highest BCUT2D eigenvalue weighted by Crippen LogP contribution is 2.22. The van der Waals surface area contributed by atoms with Crippen molar-refractivity contribution in [2.24, 2.45) is 0 Å². The molecule has 3 rings (SSSR count). The van der Waals surface area contributed by atoms with Crippen LogP contribution in [-0.2, 0) is 4.79 Å². The van der Waals surface area contributed by atoms with E-state index >= 15 is 0 Å². The molecule has 1 saturated heterocycles. The average Bonchev–Trinajstić information content (AvgIpc) is 2.51. The SMILES string of the molecule is Cc1cnnc(N2CCN(c3ccccc3)C(=O)C2)c1C. The second-order valence-corrected chi connectivity index (χ2v) is 5.28. The Bertz CT molecular complexity index is 657. The molecular weight excluding hydrogens is 264 g/mol. The van der Waals surface area contributed by atoms with Crippen LogP contribution in [0.15, 0.2) is 36.5 Å². The second kappa shape index (κ2) is 5.52. The minimum Gasteiger partial charge on any atom is -0.344 e. The zero-order valence-electron chi connectivity index (χ0n) is 12.3. The van der Waals surface area contributed by atoms with Gasteiger partial charge in [0.25, 0.3) is 0 Å². The van der Waals surface area contributed by atoms with Gasteiger partial charge in [0.1, 0.15) is 0 Å². The third kappa shape index (κ3) is 2.59. The molecule has 2 heterocycles. The van der Waals surface area contributed by atoms with Crippen molar-refractivity contribution >= 4 is 17.4 Å². The summed E-state index contributed by atoms with van der Waals surface area (Å²) in [6.45, 7) is 5.80. The molecule has 2 aromatic rings. The number of rotatable bonds is 2. The summed E-state index contributed by atoms with van der Waals surface area (Å²) in [4.78, 5) is 16.3. The molecule has 0 spiro atoms. The normalized spacial score (nSPS) is 15.4. The van der Waals surface area contributed by atoms with Gasteiger partial charge in [-0.25, -0.2) is 0 Å². The molecule has 1 aliphatic rings. The summed E-state index contributed by atoms with van der Waals surface area (Å²) >= 11 is 0. The Balaban J connectivity index is 1.80. The second-order valence-electron chi connectivity index (χ2n) is 5.28. The maximum atomic E-state index is 12.4. The van der Waals surface area contributed by atoms with Crippen LogP contribution in [-0.4, -0.2) is 35.7 Å². The fourth-order valence-electron chi connectivity index (χ4n) is 2.55. The van der Waals surface area contributed by atoms with E-state index in [1.165, 1.54) is 0 Å². The van der Waals surface area contributed by atoms with Crippen molar-refractivity contribution in [3.8, 4) is 0 Å². The third-order valence-corrected chi connectivity index (χ3v) is 3.92. The fraction of sp³-hybridized carbons (Fsp3) is 0.312. The highest BCUT2D eigenvalue weighted by Gasteiger charge is 2.26. The minimum atomic E-state index is 0.0927. The van der Waals surface area contributed by atoms with Gasteiger partial charge in [0.05, 0.1) is 12.7 Å². The Kier molecular flexibility index (Phi) is 3.56. The van der Waals surface area contributed by atoms with Gasteiger partial charge in [-0.3, -0.25) is 4.79 Å². The molecule has 1 amide bonds. The van der Waals surface area contributed by atoms with E-state index in [0.29, 0.717) is 13.1 Å². The monoisotopic (exact) mass is 282 g/mol. The van der Waals surface area contributed by atoms with Crippen molar-refractivity contribution < 1.29 is 4.79 Å². The van der Waals surface area contributed by atoms with Crippen LogP contribution in [0.5, 0.6) is 0 Å². The summed E-state index contributed by atoms with van der Waals surface area (Å²) in [6, 6.07) is 9.78. The zero-order chi connectivity index (χ0) is 14.8. The lowest BCUT2D eigenvalue weighted by molar-refractivity contribution is -0.117. The van der Waals surface area contributed by atoms with Gasteiger partial charge in [0, 0.05) is 18.8 Å². The lowest BCUT2D eigenvalue weighted by atomic mass is 10.1. The van der Waals surface area contributed by atoms with Crippen molar-refractivity contribution in [1.82, 2.24) is 10.2 Å². The van der Waals surface area contributed by atoms with Gasteiger partial charge < -0.3 is 9.80 Å². The van der Waals surface area contributed by atoms with Crippen LogP contribution in [0.3, 0.4) is 0 Å². The number of aromatic nitrogens is 2. The molecule has 0 radical (unpaired) electrons. The van der Waals surface area contributed by atoms with Gasteiger partial charge in [-0.15, -0.1) is 5.10 Å². The summed E-state index contributed by atoms with van der Waals surface area (Å²) in [6.07, 6.45) is 1.75. The van der Waals surface area contributed by atoms with Crippen LogP contribution in [0.1, 0.15) is 11.1 Å². The van der Waals surface area contributed by atoms with Crippen LogP contribution in [0, 0.1) is 13.8 Å². The Morgan fingerprint density at radius 2 is 1.86 bits per heavy atom. The smallest absolute Gasteiger partial charge is 0.246 e. The summed E-state index contributed by atoms with van der Waals surface area (Å²) in [5.41, 5.74) is 3.14.